The molecule has 1 saturated heterocycles. The highest BCUT2D eigenvalue weighted by atomic mass is 32.1. The Hall–Kier alpha value is -1.56. The molecule has 1 aliphatic heterocycles. The number of likely N-dealkylation sites (tertiary alicyclic amines) is 1. The van der Waals surface area contributed by atoms with Gasteiger partial charge in [0.1, 0.15) is 0 Å². The highest BCUT2D eigenvalue weighted by Crippen LogP contribution is 2.18. The van der Waals surface area contributed by atoms with Crippen LogP contribution in [0.1, 0.15) is 29.5 Å². The maximum absolute atomic E-state index is 12.0. The second-order valence-electron chi connectivity index (χ2n) is 4.98. The van der Waals surface area contributed by atoms with Gasteiger partial charge >= 0.3 is 12.0 Å². The lowest BCUT2D eigenvalue weighted by Gasteiger charge is -2.30. The lowest BCUT2D eigenvalue weighted by Crippen LogP contribution is -2.45. The second-order valence-corrected chi connectivity index (χ2v) is 6.23. The lowest BCUT2D eigenvalue weighted by molar-refractivity contribution is -0.143. The molecule has 0 atom stereocenters. The number of nitrogens with zero attached hydrogens (tertiary/aromatic N) is 1. The molecule has 0 aliphatic carbocycles. The van der Waals surface area contributed by atoms with E-state index in [1.54, 1.807) is 16.2 Å². The van der Waals surface area contributed by atoms with Crippen LogP contribution in [-0.4, -0.2) is 35.1 Å². The first kappa shape index (κ1) is 14.8. The summed E-state index contributed by atoms with van der Waals surface area (Å²) in [6, 6.07) is 4.03. The van der Waals surface area contributed by atoms with Gasteiger partial charge in [-0.3, -0.25) is 4.79 Å². The Balaban J connectivity index is 1.77. The molecule has 0 unspecified atom stereocenters. The topological polar surface area (TPSA) is 69.6 Å². The summed E-state index contributed by atoms with van der Waals surface area (Å²) in [6.07, 6.45) is 2.10. The number of hydrogen-bond acceptors (Lipinski definition) is 3. The molecule has 0 aromatic carbocycles. The Bertz CT molecular complexity index is 479. The van der Waals surface area contributed by atoms with Crippen LogP contribution in [0.3, 0.4) is 0 Å². The number of amides is 2. The van der Waals surface area contributed by atoms with Crippen molar-refractivity contribution in [2.24, 2.45) is 5.92 Å². The minimum atomic E-state index is -0.754. The van der Waals surface area contributed by atoms with Gasteiger partial charge in [-0.05, 0) is 31.4 Å². The van der Waals surface area contributed by atoms with E-state index in [1.807, 2.05) is 6.07 Å². The average Bonchev–Trinajstić information content (AvgIpc) is 2.93. The summed E-state index contributed by atoms with van der Waals surface area (Å²) >= 11 is 1.71. The largest absolute Gasteiger partial charge is 0.481 e. The summed E-state index contributed by atoms with van der Waals surface area (Å²) in [4.78, 5) is 27.0. The Morgan fingerprint density at radius 1 is 1.35 bits per heavy atom. The van der Waals surface area contributed by atoms with E-state index in [1.165, 1.54) is 4.88 Å². The number of carbonyl (C=O) groups excluding carboxylic acids is 1. The molecule has 0 saturated carbocycles. The van der Waals surface area contributed by atoms with Crippen LogP contribution in [0, 0.1) is 5.92 Å². The summed E-state index contributed by atoms with van der Waals surface area (Å²) in [5.41, 5.74) is 0. The number of thiophene rings is 1. The van der Waals surface area contributed by atoms with Crippen LogP contribution in [0.5, 0.6) is 0 Å². The van der Waals surface area contributed by atoms with Crippen LogP contribution in [0.2, 0.25) is 0 Å². The molecule has 1 aromatic heterocycles. The van der Waals surface area contributed by atoms with Gasteiger partial charge in [0.15, 0.2) is 0 Å². The van der Waals surface area contributed by atoms with Crippen LogP contribution in [-0.2, 0) is 17.8 Å². The van der Waals surface area contributed by atoms with Crippen LogP contribution >= 0.6 is 11.3 Å². The molecule has 0 spiro atoms. The number of rotatable bonds is 4. The summed E-state index contributed by atoms with van der Waals surface area (Å²) in [7, 11) is 0. The van der Waals surface area contributed by atoms with Crippen molar-refractivity contribution in [1.29, 1.82) is 0 Å². The normalized spacial score (nSPS) is 16.1. The first-order valence-electron chi connectivity index (χ1n) is 6.93. The van der Waals surface area contributed by atoms with Gasteiger partial charge in [0, 0.05) is 22.8 Å². The monoisotopic (exact) mass is 296 g/mol. The van der Waals surface area contributed by atoms with Gasteiger partial charge in [-0.15, -0.1) is 11.3 Å². The number of hydrogen-bond donors (Lipinski definition) is 2. The van der Waals surface area contributed by atoms with Crippen molar-refractivity contribution in [2.75, 3.05) is 13.1 Å². The maximum Gasteiger partial charge on any atom is 0.317 e. The number of nitrogens with one attached hydrogen (secondary N) is 1. The molecule has 20 heavy (non-hydrogen) atoms. The van der Waals surface area contributed by atoms with Gasteiger partial charge in [0.2, 0.25) is 0 Å². The minimum Gasteiger partial charge on any atom is -0.481 e. The third kappa shape index (κ3) is 3.72. The van der Waals surface area contributed by atoms with Crippen molar-refractivity contribution in [3.8, 4) is 0 Å². The summed E-state index contributed by atoms with van der Waals surface area (Å²) in [5.74, 6) is -1.06. The molecule has 2 amide bonds. The quantitative estimate of drug-likeness (QED) is 0.896. The number of aryl methyl sites for hydroxylation is 1. The molecule has 1 fully saturated rings. The van der Waals surface area contributed by atoms with Gasteiger partial charge in [-0.2, -0.15) is 0 Å². The zero-order valence-electron chi connectivity index (χ0n) is 11.6. The number of piperidine rings is 1. The van der Waals surface area contributed by atoms with Crippen LogP contribution in [0.4, 0.5) is 4.79 Å². The van der Waals surface area contributed by atoms with Crippen LogP contribution < -0.4 is 5.32 Å². The highest BCUT2D eigenvalue weighted by Gasteiger charge is 2.26. The number of urea groups is 1. The average molecular weight is 296 g/mol. The third-order valence-electron chi connectivity index (χ3n) is 3.61. The molecule has 110 valence electrons. The van der Waals surface area contributed by atoms with Gasteiger partial charge in [0.25, 0.3) is 0 Å². The zero-order valence-corrected chi connectivity index (χ0v) is 12.4. The first-order valence-corrected chi connectivity index (χ1v) is 7.75. The Morgan fingerprint density at radius 3 is 2.55 bits per heavy atom. The molecule has 6 heteroatoms. The van der Waals surface area contributed by atoms with Crippen molar-refractivity contribution in [2.45, 2.75) is 32.7 Å². The fraction of sp³-hybridized carbons (Fsp3) is 0.571. The number of aliphatic carboxylic acids is 1. The molecule has 5 nitrogen and oxygen atoms in total. The molecule has 1 aromatic rings. The first-order chi connectivity index (χ1) is 9.60. The fourth-order valence-corrected chi connectivity index (χ4v) is 3.21. The van der Waals surface area contributed by atoms with E-state index in [0.717, 1.165) is 11.3 Å². The summed E-state index contributed by atoms with van der Waals surface area (Å²) < 4.78 is 0. The molecular weight excluding hydrogens is 276 g/mol. The summed E-state index contributed by atoms with van der Waals surface area (Å²) in [5, 5.41) is 11.8. The number of carbonyl (C=O) groups is 2. The van der Waals surface area contributed by atoms with Crippen molar-refractivity contribution < 1.29 is 14.7 Å². The van der Waals surface area contributed by atoms with E-state index in [-0.39, 0.29) is 11.9 Å². The predicted octanol–water partition coefficient (Wildman–Crippen LogP) is 2.32. The molecule has 2 heterocycles. The van der Waals surface area contributed by atoms with Crippen LogP contribution in [0.15, 0.2) is 12.1 Å². The predicted molar refractivity (Wildman–Crippen MR) is 77.9 cm³/mol. The van der Waals surface area contributed by atoms with E-state index in [2.05, 4.69) is 18.3 Å². The lowest BCUT2D eigenvalue weighted by atomic mass is 9.97. The standard InChI is InChI=1S/C14H20N2O3S/c1-2-11-3-4-12(20-11)9-15-14(19)16-7-5-10(6-8-16)13(17)18/h3-4,10H,2,5-9H2,1H3,(H,15,19)(H,17,18). The highest BCUT2D eigenvalue weighted by molar-refractivity contribution is 7.11. The molecule has 0 bridgehead atoms. The van der Waals surface area contributed by atoms with Gasteiger partial charge in [-0.25, -0.2) is 4.79 Å². The van der Waals surface area contributed by atoms with Gasteiger partial charge in [-0.1, -0.05) is 6.92 Å². The van der Waals surface area contributed by atoms with Crippen LogP contribution in [0.25, 0.3) is 0 Å². The summed E-state index contributed by atoms with van der Waals surface area (Å²) in [6.45, 7) is 3.70. The smallest absolute Gasteiger partial charge is 0.317 e. The Kier molecular flexibility index (Phi) is 5.00. The van der Waals surface area contributed by atoms with Crippen molar-refractivity contribution in [1.82, 2.24) is 10.2 Å². The maximum atomic E-state index is 12.0. The van der Waals surface area contributed by atoms with E-state index in [4.69, 9.17) is 5.11 Å². The van der Waals surface area contributed by atoms with Crippen molar-refractivity contribution >= 4 is 23.3 Å². The number of carboxylic acid groups (broad SMARTS) is 1. The third-order valence-corrected chi connectivity index (χ3v) is 4.84. The number of carboxylic acids is 1. The van der Waals surface area contributed by atoms with Gasteiger partial charge in [0.05, 0.1) is 12.5 Å². The fourth-order valence-electron chi connectivity index (χ4n) is 2.31. The molecule has 2 rings (SSSR count). The second kappa shape index (κ2) is 6.74. The van der Waals surface area contributed by atoms with Crippen molar-refractivity contribution in [3.63, 3.8) is 0 Å². The molecular formula is C14H20N2O3S. The Labute approximate surface area is 122 Å². The van der Waals surface area contributed by atoms with E-state index in [0.29, 0.717) is 32.5 Å². The SMILES string of the molecule is CCc1ccc(CNC(=O)N2CCC(C(=O)O)CC2)s1. The minimum absolute atomic E-state index is 0.0970. The zero-order chi connectivity index (χ0) is 14.5. The van der Waals surface area contributed by atoms with E-state index < -0.39 is 5.97 Å². The molecule has 2 N–H and O–H groups in total. The van der Waals surface area contributed by atoms with Crippen molar-refractivity contribution in [3.05, 3.63) is 21.9 Å². The molecule has 0 radical (unpaired) electrons. The van der Waals surface area contributed by atoms with Gasteiger partial charge < -0.3 is 15.3 Å². The van der Waals surface area contributed by atoms with E-state index >= 15 is 0 Å². The Morgan fingerprint density at radius 2 is 2.00 bits per heavy atom. The molecule has 1 aliphatic rings. The van der Waals surface area contributed by atoms with E-state index in [9.17, 15) is 9.59 Å².